The van der Waals surface area contributed by atoms with Crippen LogP contribution in [0.1, 0.15) is 47.0 Å². The number of hydrogen-bond acceptors (Lipinski definition) is 5. The number of carbonyl (C=O) groups excluding carboxylic acids is 2. The number of esters is 2. The first-order valence-electron chi connectivity index (χ1n) is 7.52. The van der Waals surface area contributed by atoms with Crippen LogP contribution in [-0.2, 0) is 23.8 Å². The van der Waals surface area contributed by atoms with Crippen molar-refractivity contribution in [3.63, 3.8) is 0 Å². The molecular weight excluding hydrogens is 298 g/mol. The maximum Gasteiger partial charge on any atom is 0.381 e. The Bertz CT molecular complexity index is 403. The third-order valence-electron chi connectivity index (χ3n) is 3.89. The number of carbonyl (C=O) groups is 2. The van der Waals surface area contributed by atoms with Crippen molar-refractivity contribution in [2.45, 2.75) is 65.1 Å². The van der Waals surface area contributed by atoms with Crippen LogP contribution in [0.15, 0.2) is 0 Å². The van der Waals surface area contributed by atoms with E-state index >= 15 is 0 Å². The Morgan fingerprint density at radius 3 is 2.36 bits per heavy atom. The molecule has 0 aliphatic carbocycles. The molecule has 1 aliphatic heterocycles. The van der Waals surface area contributed by atoms with Crippen molar-refractivity contribution < 1.29 is 32.6 Å². The summed E-state index contributed by atoms with van der Waals surface area (Å²) in [4.78, 5) is 23.7. The van der Waals surface area contributed by atoms with Gasteiger partial charge in [-0.05, 0) is 26.7 Å². The van der Waals surface area contributed by atoms with Crippen LogP contribution in [0.3, 0.4) is 0 Å². The van der Waals surface area contributed by atoms with Crippen molar-refractivity contribution in [2.24, 2.45) is 5.41 Å². The van der Waals surface area contributed by atoms with Crippen LogP contribution in [0.4, 0.5) is 8.78 Å². The Morgan fingerprint density at radius 2 is 1.91 bits per heavy atom. The van der Waals surface area contributed by atoms with Crippen molar-refractivity contribution in [1.29, 1.82) is 0 Å². The average Bonchev–Trinajstić information content (AvgIpc) is 2.96. The highest BCUT2D eigenvalue weighted by Crippen LogP contribution is 2.30. The molecule has 0 spiro atoms. The summed E-state index contributed by atoms with van der Waals surface area (Å²) < 4.78 is 43.0. The monoisotopic (exact) mass is 322 g/mol. The summed E-state index contributed by atoms with van der Waals surface area (Å²) in [5.41, 5.74) is -0.882. The minimum absolute atomic E-state index is 0.112. The molecule has 0 aromatic heterocycles. The van der Waals surface area contributed by atoms with Crippen molar-refractivity contribution in [2.75, 3.05) is 13.2 Å². The van der Waals surface area contributed by atoms with Crippen molar-refractivity contribution in [3.8, 4) is 0 Å². The maximum absolute atomic E-state index is 14.2. The minimum Gasteiger partial charge on any atom is -0.455 e. The molecule has 0 aromatic carbocycles. The molecule has 1 aliphatic rings. The van der Waals surface area contributed by atoms with E-state index in [-0.39, 0.29) is 13.0 Å². The molecule has 128 valence electrons. The van der Waals surface area contributed by atoms with Crippen LogP contribution in [-0.4, -0.2) is 43.3 Å². The van der Waals surface area contributed by atoms with Gasteiger partial charge in [-0.3, -0.25) is 4.79 Å². The van der Waals surface area contributed by atoms with E-state index in [4.69, 9.17) is 14.2 Å². The summed E-state index contributed by atoms with van der Waals surface area (Å²) >= 11 is 0. The Hall–Kier alpha value is -1.24. The molecule has 2 unspecified atom stereocenters. The van der Waals surface area contributed by atoms with Gasteiger partial charge >= 0.3 is 17.9 Å². The zero-order valence-corrected chi connectivity index (χ0v) is 13.5. The molecular formula is C15H24F2O5. The van der Waals surface area contributed by atoms with E-state index in [1.807, 2.05) is 0 Å². The van der Waals surface area contributed by atoms with Gasteiger partial charge in [0.05, 0.1) is 18.6 Å². The summed E-state index contributed by atoms with van der Waals surface area (Å²) in [7, 11) is 0. The molecule has 2 atom stereocenters. The number of rotatable bonds is 7. The second-order valence-corrected chi connectivity index (χ2v) is 6.05. The maximum atomic E-state index is 14.2. The number of hydrogen-bond donors (Lipinski definition) is 0. The van der Waals surface area contributed by atoms with Gasteiger partial charge in [0, 0.05) is 6.42 Å². The molecule has 0 N–H and O–H groups in total. The van der Waals surface area contributed by atoms with Gasteiger partial charge in [0.2, 0.25) is 0 Å². The number of ether oxygens (including phenoxy) is 3. The zero-order valence-electron chi connectivity index (χ0n) is 13.5. The van der Waals surface area contributed by atoms with Gasteiger partial charge in [0.25, 0.3) is 0 Å². The highest BCUT2D eigenvalue weighted by atomic mass is 19.3. The van der Waals surface area contributed by atoms with E-state index < -0.39 is 35.5 Å². The molecule has 0 radical (unpaired) electrons. The van der Waals surface area contributed by atoms with Gasteiger partial charge in [-0.2, -0.15) is 8.78 Å². The Kier molecular flexibility index (Phi) is 6.28. The van der Waals surface area contributed by atoms with Crippen LogP contribution in [0, 0.1) is 5.41 Å². The average molecular weight is 322 g/mol. The first kappa shape index (κ1) is 18.8. The summed E-state index contributed by atoms with van der Waals surface area (Å²) in [6.07, 6.45) is -1.85. The molecule has 0 amide bonds. The second kappa shape index (κ2) is 7.35. The first-order chi connectivity index (χ1) is 10.1. The summed E-state index contributed by atoms with van der Waals surface area (Å²) in [6.45, 7) is 6.88. The first-order valence-corrected chi connectivity index (χ1v) is 7.52. The van der Waals surface area contributed by atoms with Crippen molar-refractivity contribution in [1.82, 2.24) is 0 Å². The Morgan fingerprint density at radius 1 is 1.27 bits per heavy atom. The second-order valence-electron chi connectivity index (χ2n) is 6.05. The molecule has 1 heterocycles. The number of halogens is 2. The fourth-order valence-corrected chi connectivity index (χ4v) is 1.81. The van der Waals surface area contributed by atoms with E-state index in [0.29, 0.717) is 19.4 Å². The summed E-state index contributed by atoms with van der Waals surface area (Å²) in [5.74, 6) is -6.30. The van der Waals surface area contributed by atoms with Crippen LogP contribution >= 0.6 is 0 Å². The lowest BCUT2D eigenvalue weighted by molar-refractivity contribution is -0.205. The standard InChI is InChI=1S/C15H24F2O5/c1-5-11(22-12(18)14(3,4)6-2)15(16,17)13(19)21-10-7-8-20-9-10/h10-11H,5-9H2,1-4H3. The topological polar surface area (TPSA) is 61.8 Å². The lowest BCUT2D eigenvalue weighted by atomic mass is 9.90. The smallest absolute Gasteiger partial charge is 0.381 e. The Labute approximate surface area is 129 Å². The molecule has 0 saturated carbocycles. The predicted octanol–water partition coefficient (Wildman–Crippen LogP) is 2.71. The van der Waals surface area contributed by atoms with E-state index in [9.17, 15) is 18.4 Å². The molecule has 7 heteroatoms. The van der Waals surface area contributed by atoms with Crippen LogP contribution < -0.4 is 0 Å². The van der Waals surface area contributed by atoms with E-state index in [1.165, 1.54) is 6.92 Å². The molecule has 0 bridgehead atoms. The molecule has 1 saturated heterocycles. The van der Waals surface area contributed by atoms with E-state index in [2.05, 4.69) is 0 Å². The fourth-order valence-electron chi connectivity index (χ4n) is 1.81. The summed E-state index contributed by atoms with van der Waals surface area (Å²) in [6, 6.07) is 0. The van der Waals surface area contributed by atoms with Gasteiger partial charge in [-0.1, -0.05) is 13.8 Å². The molecule has 0 aromatic rings. The van der Waals surface area contributed by atoms with Crippen LogP contribution in [0.5, 0.6) is 0 Å². The molecule has 5 nitrogen and oxygen atoms in total. The normalized spacial score (nSPS) is 20.5. The lowest BCUT2D eigenvalue weighted by Crippen LogP contribution is -2.47. The van der Waals surface area contributed by atoms with Crippen molar-refractivity contribution >= 4 is 11.9 Å². The lowest BCUT2D eigenvalue weighted by Gasteiger charge is -2.29. The molecule has 1 fully saturated rings. The SMILES string of the molecule is CCC(OC(=O)C(C)(C)CC)C(F)(F)C(=O)OC1CCOC1. The molecule has 22 heavy (non-hydrogen) atoms. The highest BCUT2D eigenvalue weighted by molar-refractivity contribution is 5.80. The zero-order chi connectivity index (χ0) is 17.0. The summed E-state index contributed by atoms with van der Waals surface area (Å²) in [5, 5.41) is 0. The number of alkyl halides is 2. The predicted molar refractivity (Wildman–Crippen MR) is 74.5 cm³/mol. The van der Waals surface area contributed by atoms with Gasteiger partial charge in [0.1, 0.15) is 6.10 Å². The fraction of sp³-hybridized carbons (Fsp3) is 0.867. The quantitative estimate of drug-likeness (QED) is 0.674. The Balaban J connectivity index is 2.73. The van der Waals surface area contributed by atoms with Crippen LogP contribution in [0.2, 0.25) is 0 Å². The van der Waals surface area contributed by atoms with Gasteiger partial charge < -0.3 is 14.2 Å². The molecule has 1 rings (SSSR count). The minimum atomic E-state index is -3.88. The van der Waals surface area contributed by atoms with Gasteiger partial charge in [0.15, 0.2) is 6.10 Å². The van der Waals surface area contributed by atoms with Gasteiger partial charge in [-0.25, -0.2) is 4.79 Å². The van der Waals surface area contributed by atoms with Gasteiger partial charge in [-0.15, -0.1) is 0 Å². The van der Waals surface area contributed by atoms with E-state index in [1.54, 1.807) is 20.8 Å². The van der Waals surface area contributed by atoms with E-state index in [0.717, 1.165) is 0 Å². The largest absolute Gasteiger partial charge is 0.455 e. The van der Waals surface area contributed by atoms with Crippen LogP contribution in [0.25, 0.3) is 0 Å². The third kappa shape index (κ3) is 4.38. The van der Waals surface area contributed by atoms with Crippen molar-refractivity contribution in [3.05, 3.63) is 0 Å². The third-order valence-corrected chi connectivity index (χ3v) is 3.89. The highest BCUT2D eigenvalue weighted by Gasteiger charge is 2.52.